The molecule has 4 aromatic rings. The molecule has 0 saturated heterocycles. The average molecular weight is 475 g/mol. The molecule has 0 bridgehead atoms. The normalized spacial score (nSPS) is 14.8. The number of ether oxygens (including phenoxy) is 1. The van der Waals surface area contributed by atoms with Gasteiger partial charge in [0, 0.05) is 17.7 Å². The van der Waals surface area contributed by atoms with Gasteiger partial charge in [-0.25, -0.2) is 0 Å². The fourth-order valence-corrected chi connectivity index (χ4v) is 5.19. The first-order valence-corrected chi connectivity index (χ1v) is 12.5. The van der Waals surface area contributed by atoms with E-state index >= 15 is 0 Å². The fourth-order valence-electron chi connectivity index (χ4n) is 4.19. The van der Waals surface area contributed by atoms with Gasteiger partial charge in [-0.1, -0.05) is 56.2 Å². The quantitative estimate of drug-likeness (QED) is 0.360. The number of para-hydroxylation sites is 1. The lowest BCUT2D eigenvalue weighted by molar-refractivity contribution is -0.113. The van der Waals surface area contributed by atoms with Crippen LogP contribution in [0.5, 0.6) is 5.75 Å². The van der Waals surface area contributed by atoms with Gasteiger partial charge in [0.2, 0.25) is 4.96 Å². The number of anilines is 1. The van der Waals surface area contributed by atoms with Crippen LogP contribution in [0, 0.1) is 0 Å². The zero-order valence-electron chi connectivity index (χ0n) is 19.3. The number of hydrogen-bond acceptors (Lipinski definition) is 6. The molecule has 0 fully saturated rings. The molecule has 2 aromatic carbocycles. The minimum atomic E-state index is -0.314. The Balaban J connectivity index is 1.49. The van der Waals surface area contributed by atoms with Crippen LogP contribution in [0.25, 0.3) is 21.9 Å². The van der Waals surface area contributed by atoms with Crippen molar-refractivity contribution in [2.24, 2.45) is 0 Å². The van der Waals surface area contributed by atoms with E-state index in [1.807, 2.05) is 55.5 Å². The SMILES string of the molecule is CCCCCOc1ccc(-c2nc3s/c(=C4\C(=O)N(CCC)c5ccccc54)c(=O)n3n2)cc1. The van der Waals surface area contributed by atoms with Gasteiger partial charge in [0.15, 0.2) is 5.82 Å². The van der Waals surface area contributed by atoms with Gasteiger partial charge in [-0.05, 0) is 43.2 Å². The number of aromatic nitrogens is 3. The summed E-state index contributed by atoms with van der Waals surface area (Å²) in [6.45, 7) is 5.50. The molecule has 5 rings (SSSR count). The lowest BCUT2D eigenvalue weighted by Crippen LogP contribution is -2.32. The molecule has 8 heteroatoms. The Morgan fingerprint density at radius 1 is 0.971 bits per heavy atom. The van der Waals surface area contributed by atoms with Crippen LogP contribution in [0.2, 0.25) is 0 Å². The number of amides is 1. The summed E-state index contributed by atoms with van der Waals surface area (Å²) in [4.78, 5) is 33.3. The van der Waals surface area contributed by atoms with Gasteiger partial charge in [0.25, 0.3) is 11.5 Å². The van der Waals surface area contributed by atoms with E-state index in [4.69, 9.17) is 4.74 Å². The van der Waals surface area contributed by atoms with Gasteiger partial charge >= 0.3 is 0 Å². The summed E-state index contributed by atoms with van der Waals surface area (Å²) in [5, 5.41) is 4.45. The van der Waals surface area contributed by atoms with Gasteiger partial charge in [0.05, 0.1) is 17.9 Å². The summed E-state index contributed by atoms with van der Waals surface area (Å²) >= 11 is 1.21. The topological polar surface area (TPSA) is 76.8 Å². The van der Waals surface area contributed by atoms with Crippen LogP contribution in [-0.4, -0.2) is 33.7 Å². The van der Waals surface area contributed by atoms with Crippen molar-refractivity contribution in [3.63, 3.8) is 0 Å². The van der Waals surface area contributed by atoms with E-state index in [-0.39, 0.29) is 11.5 Å². The first kappa shape index (κ1) is 22.3. The van der Waals surface area contributed by atoms with Crippen molar-refractivity contribution in [1.82, 2.24) is 14.6 Å². The van der Waals surface area contributed by atoms with Crippen LogP contribution in [-0.2, 0) is 4.79 Å². The highest BCUT2D eigenvalue weighted by atomic mass is 32.1. The maximum Gasteiger partial charge on any atom is 0.291 e. The summed E-state index contributed by atoms with van der Waals surface area (Å²) in [6.07, 6.45) is 4.18. The molecule has 34 heavy (non-hydrogen) atoms. The van der Waals surface area contributed by atoms with E-state index in [1.165, 1.54) is 15.9 Å². The summed E-state index contributed by atoms with van der Waals surface area (Å²) < 4.78 is 7.45. The van der Waals surface area contributed by atoms with Crippen LogP contribution in [0.4, 0.5) is 5.69 Å². The molecule has 1 amide bonds. The number of fused-ring (bicyclic) bond motifs is 2. The molecule has 0 saturated carbocycles. The van der Waals surface area contributed by atoms with Crippen LogP contribution in [0.15, 0.2) is 53.3 Å². The monoisotopic (exact) mass is 474 g/mol. The molecule has 0 atom stereocenters. The van der Waals surface area contributed by atoms with E-state index in [1.54, 1.807) is 4.90 Å². The van der Waals surface area contributed by atoms with Gasteiger partial charge in [0.1, 0.15) is 10.3 Å². The highest BCUT2D eigenvalue weighted by molar-refractivity contribution is 7.15. The zero-order valence-corrected chi connectivity index (χ0v) is 20.1. The molecule has 0 radical (unpaired) electrons. The van der Waals surface area contributed by atoms with Crippen LogP contribution < -0.4 is 19.7 Å². The van der Waals surface area contributed by atoms with Crippen LogP contribution in [0.1, 0.15) is 45.1 Å². The van der Waals surface area contributed by atoms with E-state index in [9.17, 15) is 9.59 Å². The standard InChI is InChI=1S/C26H26N4O3S/c1-3-5-8-16-33-18-13-11-17(12-14-18)23-27-26-30(28-23)25(32)22(34-26)21-19-9-6-7-10-20(19)29(15-4-2)24(21)31/h6-7,9-14H,3-5,8,15-16H2,1-2H3/b22-21-. The Hall–Kier alpha value is -3.52. The second-order valence-corrected chi connectivity index (χ2v) is 9.27. The molecule has 1 aliphatic rings. The number of benzene rings is 2. The molecule has 1 aliphatic heterocycles. The molecule has 174 valence electrons. The lowest BCUT2D eigenvalue weighted by Gasteiger charge is -2.15. The zero-order chi connectivity index (χ0) is 23.7. The third-order valence-corrected chi connectivity index (χ3v) is 6.91. The maximum atomic E-state index is 13.3. The number of nitrogens with zero attached hydrogens (tertiary/aromatic N) is 4. The third-order valence-electron chi connectivity index (χ3n) is 5.88. The van der Waals surface area contributed by atoms with Gasteiger partial charge in [-0.2, -0.15) is 9.50 Å². The lowest BCUT2D eigenvalue weighted by atomic mass is 10.1. The molecule has 0 aliphatic carbocycles. The molecule has 0 unspecified atom stereocenters. The van der Waals surface area contributed by atoms with E-state index in [2.05, 4.69) is 17.0 Å². The first-order valence-electron chi connectivity index (χ1n) is 11.7. The second kappa shape index (κ2) is 9.38. The van der Waals surface area contributed by atoms with E-state index in [0.717, 1.165) is 48.2 Å². The Bertz CT molecular complexity index is 1460. The van der Waals surface area contributed by atoms with Crippen molar-refractivity contribution in [2.75, 3.05) is 18.1 Å². The smallest absolute Gasteiger partial charge is 0.291 e. The Morgan fingerprint density at radius 2 is 1.76 bits per heavy atom. The Labute approximate surface area is 201 Å². The van der Waals surface area contributed by atoms with Crippen LogP contribution >= 0.6 is 11.3 Å². The number of unbranched alkanes of at least 4 members (excludes halogenated alkanes) is 2. The number of hydrogen-bond donors (Lipinski definition) is 0. The number of carbonyl (C=O) groups is 1. The predicted molar refractivity (Wildman–Crippen MR) is 134 cm³/mol. The van der Waals surface area contributed by atoms with Crippen molar-refractivity contribution in [2.45, 2.75) is 39.5 Å². The summed E-state index contributed by atoms with van der Waals surface area (Å²) in [6, 6.07) is 15.2. The summed E-state index contributed by atoms with van der Waals surface area (Å²) in [5.74, 6) is 1.14. The third kappa shape index (κ3) is 3.88. The van der Waals surface area contributed by atoms with E-state index in [0.29, 0.717) is 34.0 Å². The van der Waals surface area contributed by atoms with Gasteiger partial charge in [-0.3, -0.25) is 9.59 Å². The van der Waals surface area contributed by atoms with Gasteiger partial charge in [-0.15, -0.1) is 5.10 Å². The van der Waals surface area contributed by atoms with Crippen LogP contribution in [0.3, 0.4) is 0 Å². The van der Waals surface area contributed by atoms with E-state index < -0.39 is 0 Å². The predicted octanol–water partition coefficient (Wildman–Crippen LogP) is 4.06. The minimum absolute atomic E-state index is 0.139. The number of carbonyl (C=O) groups excluding carboxylic acids is 1. The van der Waals surface area contributed by atoms with Crippen molar-refractivity contribution in [1.29, 1.82) is 0 Å². The fraction of sp³-hybridized carbons (Fsp3) is 0.308. The minimum Gasteiger partial charge on any atom is -0.494 e. The van der Waals surface area contributed by atoms with Crippen molar-refractivity contribution >= 4 is 33.5 Å². The molecule has 0 spiro atoms. The molecule has 3 heterocycles. The summed E-state index contributed by atoms with van der Waals surface area (Å²) in [7, 11) is 0. The molecular weight excluding hydrogens is 448 g/mol. The molecule has 0 N–H and O–H groups in total. The van der Waals surface area contributed by atoms with Crippen molar-refractivity contribution in [3.8, 4) is 17.1 Å². The molecular formula is C26H26N4O3S. The highest BCUT2D eigenvalue weighted by Crippen LogP contribution is 2.35. The maximum absolute atomic E-state index is 13.3. The van der Waals surface area contributed by atoms with Crippen molar-refractivity contribution in [3.05, 3.63) is 69.0 Å². The summed E-state index contributed by atoms with van der Waals surface area (Å²) in [5.41, 5.74) is 2.57. The molecule has 7 nitrogen and oxygen atoms in total. The molecule has 2 aromatic heterocycles. The van der Waals surface area contributed by atoms with Gasteiger partial charge < -0.3 is 9.64 Å². The largest absolute Gasteiger partial charge is 0.494 e. The highest BCUT2D eigenvalue weighted by Gasteiger charge is 2.33. The first-order chi connectivity index (χ1) is 16.6. The van der Waals surface area contributed by atoms with Crippen molar-refractivity contribution < 1.29 is 9.53 Å². The Kier molecular flexibility index (Phi) is 6.15. The number of rotatable bonds is 8. The number of thiazole rings is 1. The second-order valence-electron chi connectivity index (χ2n) is 8.30. The Morgan fingerprint density at radius 3 is 2.50 bits per heavy atom. The average Bonchev–Trinajstić information content (AvgIpc) is 3.49.